The molecule has 2 aliphatic rings. The van der Waals surface area contributed by atoms with Crippen LogP contribution < -0.4 is 24.8 Å². The summed E-state index contributed by atoms with van der Waals surface area (Å²) in [4.78, 5) is 31.4. The van der Waals surface area contributed by atoms with E-state index in [1.165, 1.54) is 0 Å². The van der Waals surface area contributed by atoms with Crippen LogP contribution in [-0.2, 0) is 16.2 Å². The zero-order valence-electron chi connectivity index (χ0n) is 23.2. The van der Waals surface area contributed by atoms with Gasteiger partial charge in [-0.05, 0) is 68.1 Å². The van der Waals surface area contributed by atoms with Gasteiger partial charge in [0.05, 0.1) is 14.2 Å². The Bertz CT molecular complexity index is 1510. The van der Waals surface area contributed by atoms with Gasteiger partial charge in [-0.1, -0.05) is 18.2 Å². The highest BCUT2D eigenvalue weighted by Gasteiger charge is 2.38. The number of benzene rings is 2. The van der Waals surface area contributed by atoms with Crippen molar-refractivity contribution < 1.29 is 23.8 Å². The largest absolute Gasteiger partial charge is 0.497 e. The van der Waals surface area contributed by atoms with Crippen molar-refractivity contribution in [1.82, 2.24) is 10.3 Å². The van der Waals surface area contributed by atoms with Crippen LogP contribution in [0.2, 0.25) is 0 Å². The van der Waals surface area contributed by atoms with Gasteiger partial charge in [0.2, 0.25) is 0 Å². The summed E-state index contributed by atoms with van der Waals surface area (Å²) in [5.41, 5.74) is 5.34. The average molecular weight is 540 g/mol. The third kappa shape index (κ3) is 5.57. The lowest BCUT2D eigenvalue weighted by Crippen LogP contribution is -2.35. The Morgan fingerprint density at radius 1 is 1.02 bits per heavy atom. The summed E-state index contributed by atoms with van der Waals surface area (Å²) in [6.07, 6.45) is 3.69. The van der Waals surface area contributed by atoms with Crippen LogP contribution in [0.1, 0.15) is 48.8 Å². The first-order valence-corrected chi connectivity index (χ1v) is 13.3. The van der Waals surface area contributed by atoms with Crippen LogP contribution >= 0.6 is 0 Å². The number of amides is 1. The highest BCUT2D eigenvalue weighted by molar-refractivity contribution is 6.09. The minimum absolute atomic E-state index is 0.0509. The van der Waals surface area contributed by atoms with Gasteiger partial charge in [0.25, 0.3) is 5.91 Å². The number of hydrogen-bond acceptors (Lipinski definition) is 7. The minimum atomic E-state index is -0.545. The molecule has 0 spiro atoms. The Hall–Kier alpha value is -4.59. The molecule has 40 heavy (non-hydrogen) atoms. The molecule has 1 aliphatic heterocycles. The summed E-state index contributed by atoms with van der Waals surface area (Å²) in [6.45, 7) is 4.05. The van der Waals surface area contributed by atoms with Crippen LogP contribution in [-0.4, -0.2) is 30.9 Å². The number of anilines is 1. The van der Waals surface area contributed by atoms with Crippen LogP contribution in [0.15, 0.2) is 83.3 Å². The molecule has 5 rings (SSSR count). The summed E-state index contributed by atoms with van der Waals surface area (Å²) >= 11 is 0. The lowest BCUT2D eigenvalue weighted by atomic mass is 9.74. The minimum Gasteiger partial charge on any atom is -0.497 e. The fraction of sp³-hybridized carbons (Fsp3) is 0.281. The van der Waals surface area contributed by atoms with Gasteiger partial charge in [-0.15, -0.1) is 0 Å². The monoisotopic (exact) mass is 539 g/mol. The molecule has 2 heterocycles. The molecular formula is C32H33N3O5. The molecule has 8 nitrogen and oxygen atoms in total. The molecular weight excluding hydrogens is 506 g/mol. The van der Waals surface area contributed by atoms with Gasteiger partial charge in [-0.2, -0.15) is 0 Å². The third-order valence-electron chi connectivity index (χ3n) is 7.25. The second kappa shape index (κ2) is 11.7. The summed E-state index contributed by atoms with van der Waals surface area (Å²) in [6, 6.07) is 16.8. The molecule has 3 aromatic rings. The van der Waals surface area contributed by atoms with Crippen molar-refractivity contribution in [2.75, 3.05) is 19.5 Å². The number of Topliss-reactive ketones (excluding diaryl/α,β-unsaturated/α-hetero) is 1. The van der Waals surface area contributed by atoms with E-state index in [2.05, 4.69) is 15.6 Å². The SMILES string of the molecule is COc1cccc(OCc2cc(C3C(C(=O)Nc4ccc(C)cn4)=C(C)NC4=C3C(=O)CCC4)ccc2OC)c1. The molecule has 0 bridgehead atoms. The van der Waals surface area contributed by atoms with E-state index < -0.39 is 5.92 Å². The number of aromatic nitrogens is 1. The van der Waals surface area contributed by atoms with Gasteiger partial charge in [-0.3, -0.25) is 9.59 Å². The molecule has 1 atom stereocenters. The predicted octanol–water partition coefficient (Wildman–Crippen LogP) is 5.59. The van der Waals surface area contributed by atoms with Gasteiger partial charge >= 0.3 is 0 Å². The van der Waals surface area contributed by atoms with Crippen LogP contribution in [0.25, 0.3) is 0 Å². The number of ketones is 1. The number of pyridine rings is 1. The van der Waals surface area contributed by atoms with Crippen molar-refractivity contribution in [3.8, 4) is 17.2 Å². The van der Waals surface area contributed by atoms with Crippen LogP contribution in [0.4, 0.5) is 5.82 Å². The molecule has 1 unspecified atom stereocenters. The Labute approximate surface area is 234 Å². The van der Waals surface area contributed by atoms with Gasteiger partial charge in [0.15, 0.2) is 5.78 Å². The molecule has 0 saturated carbocycles. The molecule has 2 aromatic carbocycles. The van der Waals surface area contributed by atoms with Crippen LogP contribution in [0.3, 0.4) is 0 Å². The van der Waals surface area contributed by atoms with Crippen molar-refractivity contribution in [2.24, 2.45) is 0 Å². The Balaban J connectivity index is 1.53. The van der Waals surface area contributed by atoms with Crippen molar-refractivity contribution in [2.45, 2.75) is 45.6 Å². The van der Waals surface area contributed by atoms with Crippen molar-refractivity contribution in [3.05, 3.63) is 100 Å². The van der Waals surface area contributed by atoms with Crippen LogP contribution in [0, 0.1) is 6.92 Å². The molecule has 0 radical (unpaired) electrons. The number of hydrogen-bond donors (Lipinski definition) is 2. The normalized spacial score (nSPS) is 16.7. The number of nitrogens with one attached hydrogen (secondary N) is 2. The number of methoxy groups -OCH3 is 2. The second-order valence-electron chi connectivity index (χ2n) is 9.98. The van der Waals surface area contributed by atoms with E-state index in [1.807, 2.05) is 62.4 Å². The number of ether oxygens (including phenoxy) is 3. The van der Waals surface area contributed by atoms with Gasteiger partial charge < -0.3 is 24.8 Å². The Morgan fingerprint density at radius 2 is 1.85 bits per heavy atom. The second-order valence-corrected chi connectivity index (χ2v) is 9.98. The van der Waals surface area contributed by atoms with Crippen molar-refractivity contribution in [1.29, 1.82) is 0 Å². The van der Waals surface area contributed by atoms with E-state index in [4.69, 9.17) is 14.2 Å². The first kappa shape index (κ1) is 27.0. The summed E-state index contributed by atoms with van der Waals surface area (Å²) in [7, 11) is 3.22. The van der Waals surface area contributed by atoms with Gasteiger partial charge in [0.1, 0.15) is 29.7 Å². The maximum absolute atomic E-state index is 13.8. The van der Waals surface area contributed by atoms with Gasteiger partial charge in [0, 0.05) is 52.7 Å². The number of carbonyl (C=O) groups is 2. The topological polar surface area (TPSA) is 98.8 Å². The van der Waals surface area contributed by atoms with Gasteiger partial charge in [-0.25, -0.2) is 4.98 Å². The van der Waals surface area contributed by atoms with E-state index in [0.717, 1.165) is 35.2 Å². The molecule has 0 fully saturated rings. The summed E-state index contributed by atoms with van der Waals surface area (Å²) in [5.74, 6) is 1.66. The van der Waals surface area contributed by atoms with Crippen molar-refractivity contribution >= 4 is 17.5 Å². The van der Waals surface area contributed by atoms with E-state index in [0.29, 0.717) is 46.3 Å². The number of dihydropyridines is 1. The Morgan fingerprint density at radius 3 is 2.60 bits per heavy atom. The first-order valence-electron chi connectivity index (χ1n) is 13.3. The quantitative estimate of drug-likeness (QED) is 0.385. The highest BCUT2D eigenvalue weighted by atomic mass is 16.5. The third-order valence-corrected chi connectivity index (χ3v) is 7.25. The number of aryl methyl sites for hydroxylation is 1. The number of nitrogens with zero attached hydrogens (tertiary/aromatic N) is 1. The lowest BCUT2D eigenvalue weighted by Gasteiger charge is -2.34. The standard InChI is InChI=1S/C32H33N3O5/c1-19-11-14-28(33-17-19)35-32(37)29-20(2)34-25-9-6-10-26(36)31(25)30(29)21-12-13-27(39-4)22(15-21)18-40-24-8-5-7-23(16-24)38-3/h5,7-8,11-17,30,34H,6,9-10,18H2,1-4H3,(H,33,35,37). The fourth-order valence-electron chi connectivity index (χ4n) is 5.29. The zero-order chi connectivity index (χ0) is 28.2. The highest BCUT2D eigenvalue weighted by Crippen LogP contribution is 2.43. The maximum atomic E-state index is 13.8. The molecule has 1 aliphatic carbocycles. The average Bonchev–Trinajstić information content (AvgIpc) is 2.96. The smallest absolute Gasteiger partial charge is 0.255 e. The summed E-state index contributed by atoms with van der Waals surface area (Å²) < 4.78 is 17.0. The first-order chi connectivity index (χ1) is 19.4. The maximum Gasteiger partial charge on any atom is 0.255 e. The predicted molar refractivity (Wildman–Crippen MR) is 152 cm³/mol. The molecule has 2 N–H and O–H groups in total. The van der Waals surface area contributed by atoms with E-state index >= 15 is 0 Å². The molecule has 1 aromatic heterocycles. The molecule has 8 heteroatoms. The number of carbonyl (C=O) groups excluding carboxylic acids is 2. The Kier molecular flexibility index (Phi) is 7.86. The van der Waals surface area contributed by atoms with E-state index in [1.54, 1.807) is 26.5 Å². The molecule has 1 amide bonds. The van der Waals surface area contributed by atoms with E-state index in [9.17, 15) is 9.59 Å². The molecule has 206 valence electrons. The van der Waals surface area contributed by atoms with Crippen molar-refractivity contribution in [3.63, 3.8) is 0 Å². The lowest BCUT2D eigenvalue weighted by molar-refractivity contribution is -0.116. The van der Waals surface area contributed by atoms with Crippen LogP contribution in [0.5, 0.6) is 17.2 Å². The molecule has 0 saturated heterocycles. The number of rotatable bonds is 8. The number of allylic oxidation sites excluding steroid dienone is 3. The van der Waals surface area contributed by atoms with E-state index in [-0.39, 0.29) is 18.3 Å². The summed E-state index contributed by atoms with van der Waals surface area (Å²) in [5, 5.41) is 6.30. The zero-order valence-corrected chi connectivity index (χ0v) is 23.2. The fourth-order valence-corrected chi connectivity index (χ4v) is 5.29.